The van der Waals surface area contributed by atoms with Crippen LogP contribution in [0.5, 0.6) is 0 Å². The van der Waals surface area contributed by atoms with E-state index in [2.05, 4.69) is 10.6 Å². The average molecular weight is 411 g/mol. The molecule has 28 heavy (non-hydrogen) atoms. The van der Waals surface area contributed by atoms with Crippen molar-refractivity contribution < 1.29 is 9.21 Å². The van der Waals surface area contributed by atoms with E-state index in [9.17, 15) is 4.79 Å². The van der Waals surface area contributed by atoms with Crippen molar-refractivity contribution in [2.45, 2.75) is 6.92 Å². The van der Waals surface area contributed by atoms with Crippen LogP contribution in [0.4, 0.5) is 16.4 Å². The van der Waals surface area contributed by atoms with Gasteiger partial charge in [-0.1, -0.05) is 59.6 Å². The van der Waals surface area contributed by atoms with Gasteiger partial charge in [0.15, 0.2) is 0 Å². The number of aryl methyl sites for hydroxylation is 1. The van der Waals surface area contributed by atoms with Crippen molar-refractivity contribution in [1.82, 2.24) is 0 Å². The first kappa shape index (κ1) is 18.4. The summed E-state index contributed by atoms with van der Waals surface area (Å²) in [4.78, 5) is 12.6. The van der Waals surface area contributed by atoms with Gasteiger partial charge in [-0.2, -0.15) is 0 Å². The number of nitrogens with one attached hydrogen (secondary N) is 2. The third-order valence-corrected chi connectivity index (χ3v) is 4.98. The van der Waals surface area contributed by atoms with Crippen LogP contribution in [-0.4, -0.2) is 6.03 Å². The van der Waals surface area contributed by atoms with E-state index in [1.54, 1.807) is 24.3 Å². The molecule has 4 rings (SSSR count). The van der Waals surface area contributed by atoms with Crippen LogP contribution in [0.15, 0.2) is 71.1 Å². The van der Waals surface area contributed by atoms with Crippen molar-refractivity contribution in [2.75, 3.05) is 10.6 Å². The number of benzene rings is 3. The van der Waals surface area contributed by atoms with Gasteiger partial charge in [-0.3, -0.25) is 5.32 Å². The SMILES string of the molecule is Cc1ccccc1NC(=O)Nc1oc2ccc(Cl)cc2c1-c1ccccc1Cl. The normalized spacial score (nSPS) is 10.8. The van der Waals surface area contributed by atoms with Crippen LogP contribution in [0.2, 0.25) is 10.0 Å². The predicted molar refractivity (Wildman–Crippen MR) is 115 cm³/mol. The molecule has 0 radical (unpaired) electrons. The van der Waals surface area contributed by atoms with E-state index >= 15 is 0 Å². The molecule has 0 bridgehead atoms. The third-order valence-electron chi connectivity index (χ3n) is 4.41. The first-order chi connectivity index (χ1) is 13.5. The minimum absolute atomic E-state index is 0.302. The highest BCUT2D eigenvalue weighted by Gasteiger charge is 2.20. The molecule has 4 nitrogen and oxygen atoms in total. The average Bonchev–Trinajstić information content (AvgIpc) is 3.01. The smallest absolute Gasteiger partial charge is 0.326 e. The number of carbonyl (C=O) groups excluding carboxylic acids is 1. The largest absolute Gasteiger partial charge is 0.440 e. The number of rotatable bonds is 3. The third kappa shape index (κ3) is 3.57. The second-order valence-electron chi connectivity index (χ2n) is 6.32. The number of carbonyl (C=O) groups is 1. The summed E-state index contributed by atoms with van der Waals surface area (Å²) in [6.07, 6.45) is 0. The van der Waals surface area contributed by atoms with Gasteiger partial charge in [0.05, 0.1) is 5.56 Å². The number of hydrogen-bond donors (Lipinski definition) is 2. The number of amides is 2. The molecule has 2 N–H and O–H groups in total. The highest BCUT2D eigenvalue weighted by Crippen LogP contribution is 2.42. The molecule has 0 fully saturated rings. The minimum atomic E-state index is -0.409. The zero-order valence-electron chi connectivity index (χ0n) is 14.9. The first-order valence-corrected chi connectivity index (χ1v) is 9.39. The molecule has 6 heteroatoms. The van der Waals surface area contributed by atoms with Gasteiger partial charge in [-0.25, -0.2) is 4.79 Å². The van der Waals surface area contributed by atoms with Gasteiger partial charge in [0.1, 0.15) is 5.58 Å². The molecule has 0 spiro atoms. The van der Waals surface area contributed by atoms with E-state index < -0.39 is 6.03 Å². The van der Waals surface area contributed by atoms with Crippen molar-refractivity contribution >= 4 is 51.8 Å². The van der Waals surface area contributed by atoms with Crippen molar-refractivity contribution in [3.8, 4) is 11.1 Å². The Morgan fingerprint density at radius 3 is 2.46 bits per heavy atom. The van der Waals surface area contributed by atoms with Gasteiger partial charge in [0.2, 0.25) is 5.88 Å². The summed E-state index contributed by atoms with van der Waals surface area (Å²) >= 11 is 12.6. The van der Waals surface area contributed by atoms with Crippen LogP contribution < -0.4 is 10.6 Å². The molecule has 3 aromatic carbocycles. The van der Waals surface area contributed by atoms with Crippen LogP contribution in [0.1, 0.15) is 5.56 Å². The molecule has 140 valence electrons. The van der Waals surface area contributed by atoms with E-state index in [-0.39, 0.29) is 0 Å². The second kappa shape index (κ2) is 7.58. The molecular formula is C22H16Cl2N2O2. The number of anilines is 2. The molecule has 0 atom stereocenters. The quantitative estimate of drug-likeness (QED) is 0.370. The van der Waals surface area contributed by atoms with Crippen molar-refractivity contribution in [1.29, 1.82) is 0 Å². The fraction of sp³-hybridized carbons (Fsp3) is 0.0455. The molecule has 1 aromatic heterocycles. The summed E-state index contributed by atoms with van der Waals surface area (Å²) in [7, 11) is 0. The Morgan fingerprint density at radius 2 is 1.68 bits per heavy atom. The summed E-state index contributed by atoms with van der Waals surface area (Å²) < 4.78 is 5.91. The van der Waals surface area contributed by atoms with Gasteiger partial charge >= 0.3 is 6.03 Å². The maximum Gasteiger partial charge on any atom is 0.326 e. The van der Waals surface area contributed by atoms with Crippen LogP contribution in [0, 0.1) is 6.92 Å². The lowest BCUT2D eigenvalue weighted by Crippen LogP contribution is -2.20. The Hall–Kier alpha value is -2.95. The Morgan fingerprint density at radius 1 is 0.929 bits per heavy atom. The fourth-order valence-electron chi connectivity index (χ4n) is 3.06. The monoisotopic (exact) mass is 410 g/mol. The maximum atomic E-state index is 12.6. The molecule has 0 saturated carbocycles. The van der Waals surface area contributed by atoms with Gasteiger partial charge in [0.25, 0.3) is 0 Å². The lowest BCUT2D eigenvalue weighted by molar-refractivity contribution is 0.261. The number of fused-ring (bicyclic) bond motifs is 1. The van der Waals surface area contributed by atoms with E-state index in [1.807, 2.05) is 49.4 Å². The first-order valence-electron chi connectivity index (χ1n) is 8.63. The van der Waals surface area contributed by atoms with Crippen LogP contribution >= 0.6 is 23.2 Å². The lowest BCUT2D eigenvalue weighted by atomic mass is 10.0. The maximum absolute atomic E-state index is 12.6. The topological polar surface area (TPSA) is 54.3 Å². The van der Waals surface area contributed by atoms with Crippen molar-refractivity contribution in [3.63, 3.8) is 0 Å². The molecule has 4 aromatic rings. The molecule has 1 heterocycles. The number of urea groups is 1. The highest BCUT2D eigenvalue weighted by molar-refractivity contribution is 6.34. The summed E-state index contributed by atoms with van der Waals surface area (Å²) in [6, 6.07) is 19.8. The summed E-state index contributed by atoms with van der Waals surface area (Å²) in [6.45, 7) is 1.92. The molecule has 0 unspecified atom stereocenters. The van der Waals surface area contributed by atoms with Crippen LogP contribution in [0.3, 0.4) is 0 Å². The fourth-order valence-corrected chi connectivity index (χ4v) is 3.46. The molecule has 0 saturated heterocycles. The number of halogens is 2. The summed E-state index contributed by atoms with van der Waals surface area (Å²) in [5, 5.41) is 7.53. The van der Waals surface area contributed by atoms with Crippen LogP contribution in [0.25, 0.3) is 22.1 Å². The molecule has 0 aliphatic rings. The molecule has 0 aliphatic heterocycles. The Bertz CT molecular complexity index is 1180. The van der Waals surface area contributed by atoms with Gasteiger partial charge in [0, 0.05) is 26.7 Å². The zero-order chi connectivity index (χ0) is 19.7. The zero-order valence-corrected chi connectivity index (χ0v) is 16.4. The Kier molecular flexibility index (Phi) is 4.99. The predicted octanol–water partition coefficient (Wildman–Crippen LogP) is 7.36. The van der Waals surface area contributed by atoms with Gasteiger partial charge < -0.3 is 9.73 Å². The number of furan rings is 1. The van der Waals surface area contributed by atoms with E-state index in [4.69, 9.17) is 27.6 Å². The molecule has 0 aliphatic carbocycles. The molecular weight excluding hydrogens is 395 g/mol. The highest BCUT2D eigenvalue weighted by atomic mass is 35.5. The van der Waals surface area contributed by atoms with E-state index in [1.165, 1.54) is 0 Å². The standard InChI is InChI=1S/C22H16Cl2N2O2/c1-13-6-2-5-9-18(13)25-22(27)26-21-20(15-7-3-4-8-17(15)24)16-12-14(23)10-11-19(16)28-21/h2-12H,1H3,(H2,25,26,27). The van der Waals surface area contributed by atoms with E-state index in [0.29, 0.717) is 27.1 Å². The minimum Gasteiger partial charge on any atom is -0.440 e. The summed E-state index contributed by atoms with van der Waals surface area (Å²) in [5.74, 6) is 0.302. The van der Waals surface area contributed by atoms with Crippen molar-refractivity contribution in [3.05, 3.63) is 82.3 Å². The van der Waals surface area contributed by atoms with Gasteiger partial charge in [-0.05, 0) is 42.8 Å². The Labute approximate surface area is 172 Å². The van der Waals surface area contributed by atoms with Gasteiger partial charge in [-0.15, -0.1) is 0 Å². The van der Waals surface area contributed by atoms with Crippen molar-refractivity contribution in [2.24, 2.45) is 0 Å². The number of hydrogen-bond acceptors (Lipinski definition) is 2. The summed E-state index contributed by atoms with van der Waals surface area (Å²) in [5.41, 5.74) is 3.71. The lowest BCUT2D eigenvalue weighted by Gasteiger charge is -2.10. The van der Waals surface area contributed by atoms with E-state index in [0.717, 1.165) is 22.2 Å². The second-order valence-corrected chi connectivity index (χ2v) is 7.16. The van der Waals surface area contributed by atoms with Crippen LogP contribution in [-0.2, 0) is 0 Å². The number of para-hydroxylation sites is 1. The molecule has 2 amide bonds. The Balaban J connectivity index is 1.76.